The molecule has 0 spiro atoms. The molecule has 0 atom stereocenters. The number of amides is 2. The Balaban J connectivity index is 1.72. The second kappa shape index (κ2) is 8.06. The number of nitrogens with one attached hydrogen (secondary N) is 2. The zero-order valence-electron chi connectivity index (χ0n) is 12.6. The standard InChI is InChI=1S/C17H16ClN3O2/c1-12-10-15(6-7-16(12)18)23-9-8-20-17(22)21-14-4-2-13(11-19)3-5-14/h2-7,10H,8-9H2,1H3,(H2,20,21,22). The van der Waals surface area contributed by atoms with Gasteiger partial charge in [-0.25, -0.2) is 4.79 Å². The van der Waals surface area contributed by atoms with E-state index in [4.69, 9.17) is 21.6 Å². The number of carbonyl (C=O) groups is 1. The van der Waals surface area contributed by atoms with Crippen molar-refractivity contribution >= 4 is 23.3 Å². The molecule has 0 fully saturated rings. The average molecular weight is 330 g/mol. The summed E-state index contributed by atoms with van der Waals surface area (Å²) in [6, 6.07) is 13.7. The topological polar surface area (TPSA) is 74.2 Å². The normalized spacial score (nSPS) is 9.78. The van der Waals surface area contributed by atoms with Crippen molar-refractivity contribution in [2.24, 2.45) is 0 Å². The van der Waals surface area contributed by atoms with Crippen LogP contribution in [0.5, 0.6) is 5.75 Å². The molecule has 5 nitrogen and oxygen atoms in total. The van der Waals surface area contributed by atoms with Gasteiger partial charge in [-0.05, 0) is 55.0 Å². The Bertz CT molecular complexity index is 724. The molecule has 0 aromatic heterocycles. The third-order valence-corrected chi connectivity index (χ3v) is 3.48. The van der Waals surface area contributed by atoms with Crippen LogP contribution in [0.4, 0.5) is 10.5 Å². The number of rotatable bonds is 5. The van der Waals surface area contributed by atoms with Gasteiger partial charge in [0.25, 0.3) is 0 Å². The summed E-state index contributed by atoms with van der Waals surface area (Å²) in [6.45, 7) is 2.62. The van der Waals surface area contributed by atoms with Gasteiger partial charge < -0.3 is 15.4 Å². The molecule has 2 rings (SSSR count). The molecule has 2 amide bonds. The lowest BCUT2D eigenvalue weighted by Crippen LogP contribution is -2.32. The first-order chi connectivity index (χ1) is 11.1. The van der Waals surface area contributed by atoms with E-state index in [9.17, 15) is 4.79 Å². The summed E-state index contributed by atoms with van der Waals surface area (Å²) in [5.41, 5.74) is 2.11. The van der Waals surface area contributed by atoms with Crippen LogP contribution in [0.3, 0.4) is 0 Å². The summed E-state index contributed by atoms with van der Waals surface area (Å²) in [5, 5.41) is 14.8. The summed E-state index contributed by atoms with van der Waals surface area (Å²) in [7, 11) is 0. The lowest BCUT2D eigenvalue weighted by molar-refractivity contribution is 0.247. The van der Waals surface area contributed by atoms with Crippen molar-refractivity contribution in [3.8, 4) is 11.8 Å². The van der Waals surface area contributed by atoms with E-state index in [1.807, 2.05) is 19.1 Å². The molecule has 23 heavy (non-hydrogen) atoms. The highest BCUT2D eigenvalue weighted by Gasteiger charge is 2.02. The Morgan fingerprint density at radius 1 is 1.26 bits per heavy atom. The number of halogens is 1. The number of hydrogen-bond donors (Lipinski definition) is 2. The number of carbonyl (C=O) groups excluding carboxylic acids is 1. The Labute approximate surface area is 139 Å². The van der Waals surface area contributed by atoms with E-state index in [2.05, 4.69) is 10.6 Å². The number of nitrogens with zero attached hydrogens (tertiary/aromatic N) is 1. The molecule has 0 radical (unpaired) electrons. The van der Waals surface area contributed by atoms with Gasteiger partial charge in [-0.15, -0.1) is 0 Å². The molecule has 6 heteroatoms. The summed E-state index contributed by atoms with van der Waals surface area (Å²) < 4.78 is 5.54. The first-order valence-corrected chi connectivity index (χ1v) is 7.40. The van der Waals surface area contributed by atoms with Gasteiger partial charge in [0.15, 0.2) is 0 Å². The first-order valence-electron chi connectivity index (χ1n) is 7.02. The van der Waals surface area contributed by atoms with Gasteiger partial charge in [0.05, 0.1) is 18.2 Å². The Morgan fingerprint density at radius 3 is 2.65 bits per heavy atom. The van der Waals surface area contributed by atoms with Crippen molar-refractivity contribution in [3.63, 3.8) is 0 Å². The van der Waals surface area contributed by atoms with E-state index < -0.39 is 0 Å². The molecule has 0 bridgehead atoms. The number of aryl methyl sites for hydroxylation is 1. The largest absolute Gasteiger partial charge is 0.492 e. The van der Waals surface area contributed by atoms with Crippen LogP contribution in [0.2, 0.25) is 5.02 Å². The van der Waals surface area contributed by atoms with Gasteiger partial charge in [0.1, 0.15) is 12.4 Å². The van der Waals surface area contributed by atoms with Crippen LogP contribution < -0.4 is 15.4 Å². The van der Waals surface area contributed by atoms with E-state index in [1.54, 1.807) is 36.4 Å². The van der Waals surface area contributed by atoms with E-state index >= 15 is 0 Å². The van der Waals surface area contributed by atoms with Crippen LogP contribution >= 0.6 is 11.6 Å². The molecule has 2 aromatic rings. The van der Waals surface area contributed by atoms with Crippen LogP contribution in [-0.4, -0.2) is 19.2 Å². The number of anilines is 1. The highest BCUT2D eigenvalue weighted by Crippen LogP contribution is 2.20. The number of benzene rings is 2. The van der Waals surface area contributed by atoms with Crippen molar-refractivity contribution in [2.75, 3.05) is 18.5 Å². The van der Waals surface area contributed by atoms with Crippen molar-refractivity contribution in [1.82, 2.24) is 5.32 Å². The summed E-state index contributed by atoms with van der Waals surface area (Å²) in [5.74, 6) is 0.709. The molecule has 0 saturated carbocycles. The van der Waals surface area contributed by atoms with E-state index in [-0.39, 0.29) is 6.03 Å². The molecule has 2 aromatic carbocycles. The molecule has 0 aliphatic rings. The molecular weight excluding hydrogens is 314 g/mol. The van der Waals surface area contributed by atoms with Gasteiger partial charge >= 0.3 is 6.03 Å². The molecular formula is C17H16ClN3O2. The van der Waals surface area contributed by atoms with Crippen molar-refractivity contribution in [2.45, 2.75) is 6.92 Å². The van der Waals surface area contributed by atoms with E-state index in [0.717, 1.165) is 5.56 Å². The fraction of sp³-hybridized carbons (Fsp3) is 0.176. The molecule has 0 saturated heterocycles. The quantitative estimate of drug-likeness (QED) is 0.821. The van der Waals surface area contributed by atoms with E-state index in [0.29, 0.717) is 35.2 Å². The minimum atomic E-state index is -0.328. The fourth-order valence-corrected chi connectivity index (χ4v) is 1.96. The van der Waals surface area contributed by atoms with Crippen LogP contribution in [0.1, 0.15) is 11.1 Å². The second-order valence-electron chi connectivity index (χ2n) is 4.83. The third-order valence-electron chi connectivity index (χ3n) is 3.06. The van der Waals surface area contributed by atoms with Crippen LogP contribution in [0.25, 0.3) is 0 Å². The highest BCUT2D eigenvalue weighted by molar-refractivity contribution is 6.31. The number of urea groups is 1. The van der Waals surface area contributed by atoms with Crippen LogP contribution in [0.15, 0.2) is 42.5 Å². The lowest BCUT2D eigenvalue weighted by atomic mass is 10.2. The Hall–Kier alpha value is -2.71. The molecule has 0 aliphatic heterocycles. The van der Waals surface area contributed by atoms with Crippen molar-refractivity contribution in [1.29, 1.82) is 5.26 Å². The maximum absolute atomic E-state index is 11.7. The fourth-order valence-electron chi connectivity index (χ4n) is 1.84. The average Bonchev–Trinajstić information content (AvgIpc) is 2.55. The summed E-state index contributed by atoms with van der Waals surface area (Å²) in [6.07, 6.45) is 0. The maximum atomic E-state index is 11.7. The summed E-state index contributed by atoms with van der Waals surface area (Å²) in [4.78, 5) is 11.7. The lowest BCUT2D eigenvalue weighted by Gasteiger charge is -2.10. The number of hydrogen-bond acceptors (Lipinski definition) is 3. The zero-order valence-corrected chi connectivity index (χ0v) is 13.4. The van der Waals surface area contributed by atoms with Crippen LogP contribution in [-0.2, 0) is 0 Å². The molecule has 2 N–H and O–H groups in total. The summed E-state index contributed by atoms with van der Waals surface area (Å²) >= 11 is 5.94. The van der Waals surface area contributed by atoms with Gasteiger partial charge in [-0.2, -0.15) is 5.26 Å². The predicted molar refractivity (Wildman–Crippen MR) is 89.9 cm³/mol. The monoisotopic (exact) mass is 329 g/mol. The predicted octanol–water partition coefficient (Wildman–Crippen LogP) is 3.72. The molecule has 0 heterocycles. The SMILES string of the molecule is Cc1cc(OCCNC(=O)Nc2ccc(C#N)cc2)ccc1Cl. The third kappa shape index (κ3) is 5.20. The molecule has 118 valence electrons. The smallest absolute Gasteiger partial charge is 0.319 e. The van der Waals surface area contributed by atoms with Crippen molar-refractivity contribution in [3.05, 3.63) is 58.6 Å². The van der Waals surface area contributed by atoms with Gasteiger partial charge in [0, 0.05) is 10.7 Å². The van der Waals surface area contributed by atoms with Gasteiger partial charge in [-0.1, -0.05) is 11.6 Å². The molecule has 0 aliphatic carbocycles. The molecule has 0 unspecified atom stereocenters. The van der Waals surface area contributed by atoms with Crippen LogP contribution in [0, 0.1) is 18.3 Å². The Morgan fingerprint density at radius 2 is 2.00 bits per heavy atom. The van der Waals surface area contributed by atoms with Gasteiger partial charge in [-0.3, -0.25) is 0 Å². The first kappa shape index (κ1) is 16.7. The second-order valence-corrected chi connectivity index (χ2v) is 5.24. The minimum Gasteiger partial charge on any atom is -0.492 e. The number of nitriles is 1. The Kier molecular flexibility index (Phi) is 5.84. The highest BCUT2D eigenvalue weighted by atomic mass is 35.5. The number of ether oxygens (including phenoxy) is 1. The maximum Gasteiger partial charge on any atom is 0.319 e. The van der Waals surface area contributed by atoms with E-state index in [1.165, 1.54) is 0 Å². The zero-order chi connectivity index (χ0) is 16.7. The minimum absolute atomic E-state index is 0.328. The van der Waals surface area contributed by atoms with Crippen molar-refractivity contribution < 1.29 is 9.53 Å². The van der Waals surface area contributed by atoms with Gasteiger partial charge in [0.2, 0.25) is 0 Å².